The van der Waals surface area contributed by atoms with E-state index in [-0.39, 0.29) is 0 Å². The van der Waals surface area contributed by atoms with Gasteiger partial charge in [0.1, 0.15) is 0 Å². The highest BCUT2D eigenvalue weighted by molar-refractivity contribution is 14.1. The Labute approximate surface area is 99.0 Å². The lowest BCUT2D eigenvalue weighted by Gasteiger charge is -2.15. The Kier molecular flexibility index (Phi) is 3.44. The van der Waals surface area contributed by atoms with Crippen molar-refractivity contribution in [2.75, 3.05) is 4.43 Å². The van der Waals surface area contributed by atoms with Gasteiger partial charge in [-0.25, -0.2) is 0 Å². The molecule has 0 saturated heterocycles. The second kappa shape index (κ2) is 4.62. The molecule has 0 aliphatic heterocycles. The molecule has 14 heavy (non-hydrogen) atoms. The molecule has 76 valence electrons. The average molecular weight is 302 g/mol. The van der Waals surface area contributed by atoms with Crippen molar-refractivity contribution in [3.05, 3.63) is 35.4 Å². The monoisotopic (exact) mass is 302 g/mol. The minimum atomic E-state index is 0.295. The maximum atomic E-state index is 5.93. The Balaban J connectivity index is 2.05. The Bertz CT molecular complexity index is 290. The quantitative estimate of drug-likeness (QED) is 0.609. The number of hydrogen-bond acceptors (Lipinski definition) is 1. The lowest BCUT2D eigenvalue weighted by Crippen LogP contribution is -2.07. The fourth-order valence-corrected chi connectivity index (χ4v) is 2.14. The molecule has 1 nitrogen and oxygen atoms in total. The molecule has 1 aliphatic rings. The van der Waals surface area contributed by atoms with E-state index in [0.717, 1.165) is 4.43 Å². The first-order valence-corrected chi connectivity index (χ1v) is 6.60. The van der Waals surface area contributed by atoms with Crippen LogP contribution in [0.4, 0.5) is 0 Å². The van der Waals surface area contributed by atoms with Crippen LogP contribution in [-0.2, 0) is 4.74 Å². The zero-order valence-electron chi connectivity index (χ0n) is 8.37. The summed E-state index contributed by atoms with van der Waals surface area (Å²) in [5.41, 5.74) is 2.63. The van der Waals surface area contributed by atoms with Crippen LogP contribution in [0.5, 0.6) is 0 Å². The maximum Gasteiger partial charge on any atom is 0.0918 e. The fraction of sp³-hybridized carbons (Fsp3) is 0.500. The zero-order chi connectivity index (χ0) is 9.97. The SMILES string of the molecule is Cc1ccc(C(CI)OC2CC2)cc1. The summed E-state index contributed by atoms with van der Waals surface area (Å²) in [6, 6.07) is 8.68. The van der Waals surface area contributed by atoms with Crippen molar-refractivity contribution in [2.24, 2.45) is 0 Å². The van der Waals surface area contributed by atoms with Crippen LogP contribution >= 0.6 is 22.6 Å². The van der Waals surface area contributed by atoms with Crippen LogP contribution < -0.4 is 0 Å². The lowest BCUT2D eigenvalue weighted by molar-refractivity contribution is 0.0570. The molecule has 1 fully saturated rings. The second-order valence-corrected chi connectivity index (χ2v) is 4.77. The summed E-state index contributed by atoms with van der Waals surface area (Å²) < 4.78 is 6.97. The number of halogens is 1. The predicted molar refractivity (Wildman–Crippen MR) is 66.9 cm³/mol. The summed E-state index contributed by atoms with van der Waals surface area (Å²) in [5, 5.41) is 0. The van der Waals surface area contributed by atoms with Gasteiger partial charge in [-0.1, -0.05) is 52.4 Å². The van der Waals surface area contributed by atoms with Crippen molar-refractivity contribution in [1.82, 2.24) is 0 Å². The molecule has 1 aliphatic carbocycles. The smallest absolute Gasteiger partial charge is 0.0918 e. The van der Waals surface area contributed by atoms with Gasteiger partial charge in [-0.05, 0) is 25.3 Å². The topological polar surface area (TPSA) is 9.23 Å². The largest absolute Gasteiger partial charge is 0.369 e. The molecule has 0 radical (unpaired) electrons. The molecule has 1 aromatic rings. The van der Waals surface area contributed by atoms with Gasteiger partial charge >= 0.3 is 0 Å². The summed E-state index contributed by atoms with van der Waals surface area (Å²) >= 11 is 2.40. The third-order valence-corrected chi connectivity index (χ3v) is 3.27. The molecule has 1 atom stereocenters. The highest BCUT2D eigenvalue weighted by Gasteiger charge is 2.26. The third kappa shape index (κ3) is 2.70. The Hall–Kier alpha value is -0.0900. The molecule has 1 aromatic carbocycles. The lowest BCUT2D eigenvalue weighted by atomic mass is 10.1. The molecule has 0 amide bonds. The standard InChI is InChI=1S/C12H15IO/c1-9-2-4-10(5-3-9)12(8-13)14-11-6-7-11/h2-5,11-12H,6-8H2,1H3. The van der Waals surface area contributed by atoms with Crippen molar-refractivity contribution < 1.29 is 4.74 Å². The van der Waals surface area contributed by atoms with Gasteiger partial charge in [0.15, 0.2) is 0 Å². The minimum absolute atomic E-state index is 0.295. The summed E-state index contributed by atoms with van der Waals surface area (Å²) in [6.45, 7) is 2.12. The van der Waals surface area contributed by atoms with Crippen LogP contribution in [0.25, 0.3) is 0 Å². The zero-order valence-corrected chi connectivity index (χ0v) is 10.5. The third-order valence-electron chi connectivity index (χ3n) is 2.47. The molecule has 0 spiro atoms. The predicted octanol–water partition coefficient (Wildman–Crippen LogP) is 3.65. The van der Waals surface area contributed by atoms with Crippen molar-refractivity contribution in [2.45, 2.75) is 32.0 Å². The first kappa shape index (κ1) is 10.4. The molecular weight excluding hydrogens is 287 g/mol. The van der Waals surface area contributed by atoms with E-state index in [1.54, 1.807) is 0 Å². The first-order chi connectivity index (χ1) is 6.79. The van der Waals surface area contributed by atoms with Gasteiger partial charge in [-0.3, -0.25) is 0 Å². The van der Waals surface area contributed by atoms with E-state index in [1.165, 1.54) is 24.0 Å². The summed E-state index contributed by atoms with van der Waals surface area (Å²) in [4.78, 5) is 0. The second-order valence-electron chi connectivity index (χ2n) is 3.89. The molecule has 1 saturated carbocycles. The number of aryl methyl sites for hydroxylation is 1. The normalized spacial score (nSPS) is 18.1. The summed E-state index contributed by atoms with van der Waals surface area (Å²) in [5.74, 6) is 0. The van der Waals surface area contributed by atoms with E-state index in [1.807, 2.05) is 0 Å². The molecule has 0 N–H and O–H groups in total. The van der Waals surface area contributed by atoms with Crippen LogP contribution in [-0.4, -0.2) is 10.5 Å². The summed E-state index contributed by atoms with van der Waals surface area (Å²) in [6.07, 6.45) is 3.33. The van der Waals surface area contributed by atoms with E-state index in [4.69, 9.17) is 4.74 Å². The molecule has 0 aromatic heterocycles. The number of benzene rings is 1. The molecule has 0 bridgehead atoms. The van der Waals surface area contributed by atoms with E-state index >= 15 is 0 Å². The number of rotatable bonds is 4. The van der Waals surface area contributed by atoms with Crippen LogP contribution in [0.15, 0.2) is 24.3 Å². The number of hydrogen-bond donors (Lipinski definition) is 0. The van der Waals surface area contributed by atoms with Crippen molar-refractivity contribution >= 4 is 22.6 Å². The Morgan fingerprint density at radius 2 is 2.00 bits per heavy atom. The highest BCUT2D eigenvalue weighted by Crippen LogP contribution is 2.31. The van der Waals surface area contributed by atoms with Gasteiger partial charge in [0.2, 0.25) is 0 Å². The van der Waals surface area contributed by atoms with E-state index in [9.17, 15) is 0 Å². The average Bonchev–Trinajstić information content (AvgIpc) is 3.00. The van der Waals surface area contributed by atoms with Crippen molar-refractivity contribution in [3.63, 3.8) is 0 Å². The van der Waals surface area contributed by atoms with Gasteiger partial charge in [0, 0.05) is 4.43 Å². The van der Waals surface area contributed by atoms with Crippen LogP contribution in [0.3, 0.4) is 0 Å². The van der Waals surface area contributed by atoms with E-state index < -0.39 is 0 Å². The first-order valence-electron chi connectivity index (χ1n) is 5.07. The molecular formula is C12H15IO. The molecule has 1 unspecified atom stereocenters. The minimum Gasteiger partial charge on any atom is -0.369 e. The van der Waals surface area contributed by atoms with Gasteiger partial charge in [-0.2, -0.15) is 0 Å². The van der Waals surface area contributed by atoms with Gasteiger partial charge in [0.25, 0.3) is 0 Å². The molecule has 0 heterocycles. The number of ether oxygens (including phenoxy) is 1. The van der Waals surface area contributed by atoms with Gasteiger partial charge < -0.3 is 4.74 Å². The fourth-order valence-electron chi connectivity index (χ4n) is 1.42. The Morgan fingerprint density at radius 1 is 1.36 bits per heavy atom. The Morgan fingerprint density at radius 3 is 2.50 bits per heavy atom. The highest BCUT2D eigenvalue weighted by atomic mass is 127. The van der Waals surface area contributed by atoms with Crippen LogP contribution in [0.2, 0.25) is 0 Å². The van der Waals surface area contributed by atoms with Gasteiger partial charge in [-0.15, -0.1) is 0 Å². The summed E-state index contributed by atoms with van der Waals surface area (Å²) in [7, 11) is 0. The van der Waals surface area contributed by atoms with Crippen molar-refractivity contribution in [3.8, 4) is 0 Å². The van der Waals surface area contributed by atoms with Crippen LogP contribution in [0, 0.1) is 6.92 Å². The van der Waals surface area contributed by atoms with E-state index in [0.29, 0.717) is 12.2 Å². The van der Waals surface area contributed by atoms with E-state index in [2.05, 4.69) is 53.8 Å². The van der Waals surface area contributed by atoms with Crippen molar-refractivity contribution in [1.29, 1.82) is 0 Å². The molecule has 2 rings (SSSR count). The number of alkyl halides is 1. The van der Waals surface area contributed by atoms with Crippen LogP contribution in [0.1, 0.15) is 30.1 Å². The maximum absolute atomic E-state index is 5.93. The van der Waals surface area contributed by atoms with Gasteiger partial charge in [0.05, 0.1) is 12.2 Å². The molecule has 2 heteroatoms.